The van der Waals surface area contributed by atoms with Gasteiger partial charge in [-0.15, -0.1) is 0 Å². The Bertz CT molecular complexity index is 97.7. The minimum absolute atomic E-state index is 0. The molecule has 0 unspecified atom stereocenters. The standard InChI is InChI=1S/3C4H9.HO2P.Pd/c3*1-4(2)3;1-3-2;/h3*1-3H3;3H;/q3*-1;;. The van der Waals surface area contributed by atoms with E-state index in [1.165, 1.54) is 17.8 Å². The molecule has 0 saturated heterocycles. The summed E-state index contributed by atoms with van der Waals surface area (Å²) >= 11 is 0. The molecule has 0 amide bonds. The van der Waals surface area contributed by atoms with E-state index >= 15 is 0 Å². The second-order valence-electron chi connectivity index (χ2n) is 4.58. The van der Waals surface area contributed by atoms with Gasteiger partial charge in [-0.2, -0.15) is 62.3 Å². The first-order chi connectivity index (χ1) is 6.61. The summed E-state index contributed by atoms with van der Waals surface area (Å²) in [4.78, 5) is 0. The van der Waals surface area contributed by atoms with Crippen molar-refractivity contribution in [1.82, 2.24) is 0 Å². The Hall–Kier alpha value is 0.562. The van der Waals surface area contributed by atoms with E-state index in [0.717, 1.165) is 0 Å². The van der Waals surface area contributed by atoms with Crippen molar-refractivity contribution in [3.63, 3.8) is 0 Å². The van der Waals surface area contributed by atoms with Gasteiger partial charge in [-0.3, -0.25) is 0 Å². The molecule has 0 spiro atoms. The van der Waals surface area contributed by atoms with E-state index in [4.69, 9.17) is 9.13 Å². The van der Waals surface area contributed by atoms with Crippen LogP contribution in [0.5, 0.6) is 0 Å². The van der Waals surface area contributed by atoms with E-state index in [1.807, 2.05) is 0 Å². The van der Waals surface area contributed by atoms with Crippen LogP contribution in [-0.2, 0) is 29.6 Å². The first kappa shape index (κ1) is 30.0. The Morgan fingerprint density at radius 1 is 0.562 bits per heavy atom. The van der Waals surface area contributed by atoms with Crippen LogP contribution in [0.1, 0.15) is 62.3 Å². The topological polar surface area (TPSA) is 34.1 Å². The Balaban J connectivity index is -0.0000000331. The Morgan fingerprint density at radius 3 is 0.562 bits per heavy atom. The second-order valence-corrected chi connectivity index (χ2v) is 4.75. The van der Waals surface area contributed by atoms with Gasteiger partial charge in [-0.05, 0) is 0 Å². The van der Waals surface area contributed by atoms with Crippen LogP contribution in [0.3, 0.4) is 0 Å². The van der Waals surface area contributed by atoms with Crippen molar-refractivity contribution < 1.29 is 29.6 Å². The maximum absolute atomic E-state index is 8.40. The zero-order valence-electron chi connectivity index (χ0n) is 12.1. The molecule has 0 atom stereocenters. The average Bonchev–Trinajstić information content (AvgIpc) is 1.81. The van der Waals surface area contributed by atoms with Gasteiger partial charge < -0.3 is 17.8 Å². The van der Waals surface area contributed by atoms with Gasteiger partial charge in [0.15, 0.2) is 0 Å². The summed E-state index contributed by atoms with van der Waals surface area (Å²) in [6.45, 7) is 18.8. The van der Waals surface area contributed by atoms with Gasteiger partial charge in [0, 0.05) is 20.4 Å². The Kier molecular flexibility index (Phi) is 55.5. The molecule has 0 saturated carbocycles. The molecule has 16 heavy (non-hydrogen) atoms. The zero-order valence-corrected chi connectivity index (χ0v) is 14.7. The molecule has 0 aliphatic rings. The fraction of sp³-hybridized carbons (Fsp3) is 0.750. The van der Waals surface area contributed by atoms with Crippen molar-refractivity contribution >= 4 is 8.34 Å². The van der Waals surface area contributed by atoms with Gasteiger partial charge in [0.2, 0.25) is 0 Å². The molecule has 2 nitrogen and oxygen atoms in total. The van der Waals surface area contributed by atoms with Crippen LogP contribution in [-0.4, -0.2) is 0 Å². The summed E-state index contributed by atoms with van der Waals surface area (Å²) < 4.78 is 16.8. The van der Waals surface area contributed by atoms with Gasteiger partial charge in [-0.1, -0.05) is 0 Å². The molecule has 0 fully saturated rings. The normalized spacial score (nSPS) is 7.50. The van der Waals surface area contributed by atoms with Crippen LogP contribution < -0.4 is 0 Å². The SMILES string of the molecule is C[C-](C)C.C[C-](C)C.C[C-](C)C.O=[PH]=O.[Pd]. The maximum atomic E-state index is 8.40. The minimum atomic E-state index is -1.42. The van der Waals surface area contributed by atoms with Crippen molar-refractivity contribution in [2.45, 2.75) is 62.3 Å². The molecule has 0 bridgehead atoms. The van der Waals surface area contributed by atoms with E-state index in [-0.39, 0.29) is 20.4 Å². The molecule has 0 aromatic carbocycles. The Labute approximate surface area is 118 Å². The van der Waals surface area contributed by atoms with Gasteiger partial charge in [0.1, 0.15) is 0 Å². The summed E-state index contributed by atoms with van der Waals surface area (Å²) in [7, 11) is -1.42. The molecule has 0 aromatic heterocycles. The van der Waals surface area contributed by atoms with Crippen molar-refractivity contribution in [3.05, 3.63) is 17.8 Å². The zero-order chi connectivity index (χ0) is 13.4. The molecule has 0 heterocycles. The molecular formula is C12H28O2PPd-3. The van der Waals surface area contributed by atoms with Crippen LogP contribution in [0.15, 0.2) is 0 Å². The van der Waals surface area contributed by atoms with Crippen LogP contribution in [0.25, 0.3) is 0 Å². The van der Waals surface area contributed by atoms with Crippen LogP contribution >= 0.6 is 8.34 Å². The fourth-order valence-corrected chi connectivity index (χ4v) is 0. The van der Waals surface area contributed by atoms with Crippen LogP contribution in [0.4, 0.5) is 0 Å². The summed E-state index contributed by atoms with van der Waals surface area (Å²) in [6.07, 6.45) is 0. The maximum Gasteiger partial charge on any atom is 0.303 e. The number of hydrogen-bond donors (Lipinski definition) is 0. The van der Waals surface area contributed by atoms with Gasteiger partial charge >= 0.3 is 8.34 Å². The minimum Gasteiger partial charge on any atom is -0.323 e. The quantitative estimate of drug-likeness (QED) is 0.344. The van der Waals surface area contributed by atoms with Gasteiger partial charge in [-0.25, -0.2) is 9.13 Å². The molecule has 0 aliphatic carbocycles. The molecule has 0 aromatic rings. The largest absolute Gasteiger partial charge is 0.323 e. The van der Waals surface area contributed by atoms with Gasteiger partial charge in [0.05, 0.1) is 0 Å². The van der Waals surface area contributed by atoms with E-state index in [1.54, 1.807) is 0 Å². The predicted molar refractivity (Wildman–Crippen MR) is 70.5 cm³/mol. The first-order valence-corrected chi connectivity index (χ1v) is 5.72. The van der Waals surface area contributed by atoms with Crippen molar-refractivity contribution in [1.29, 1.82) is 0 Å². The third-order valence-corrected chi connectivity index (χ3v) is 0. The predicted octanol–water partition coefficient (Wildman–Crippen LogP) is 5.22. The molecule has 4 heteroatoms. The molecule has 106 valence electrons. The monoisotopic (exact) mass is 341 g/mol. The van der Waals surface area contributed by atoms with E-state index < -0.39 is 8.34 Å². The molecule has 0 rings (SSSR count). The van der Waals surface area contributed by atoms with E-state index in [9.17, 15) is 0 Å². The summed E-state index contributed by atoms with van der Waals surface area (Å²) in [5.41, 5.74) is 0. The Morgan fingerprint density at radius 2 is 0.562 bits per heavy atom. The van der Waals surface area contributed by atoms with Gasteiger partial charge in [0.25, 0.3) is 0 Å². The summed E-state index contributed by atoms with van der Waals surface area (Å²) in [5.74, 6) is 4.25. The summed E-state index contributed by atoms with van der Waals surface area (Å²) in [6, 6.07) is 0. The van der Waals surface area contributed by atoms with Crippen LogP contribution in [0, 0.1) is 17.8 Å². The number of hydrogen-bond acceptors (Lipinski definition) is 2. The third-order valence-electron chi connectivity index (χ3n) is 0. The van der Waals surface area contributed by atoms with E-state index in [2.05, 4.69) is 62.3 Å². The molecule has 0 N–H and O–H groups in total. The van der Waals surface area contributed by atoms with E-state index in [0.29, 0.717) is 0 Å². The van der Waals surface area contributed by atoms with Crippen molar-refractivity contribution in [3.8, 4) is 0 Å². The smallest absolute Gasteiger partial charge is 0.303 e. The average molecular weight is 342 g/mol. The first-order valence-electron chi connectivity index (χ1n) is 4.91. The molecular weight excluding hydrogens is 314 g/mol. The molecule has 0 radical (unpaired) electrons. The molecule has 0 aliphatic heterocycles. The van der Waals surface area contributed by atoms with Crippen molar-refractivity contribution in [2.75, 3.05) is 0 Å². The third kappa shape index (κ3) is 8470. The second kappa shape index (κ2) is 29.6. The fourth-order valence-electron chi connectivity index (χ4n) is 0. The van der Waals surface area contributed by atoms with Crippen LogP contribution in [0.2, 0.25) is 0 Å². The van der Waals surface area contributed by atoms with Crippen molar-refractivity contribution in [2.24, 2.45) is 0 Å². The summed E-state index contributed by atoms with van der Waals surface area (Å²) in [5, 5.41) is 0. The number of rotatable bonds is 0.